The molecular formula is C18H23N3O3. The molecule has 1 aliphatic heterocycles. The summed E-state index contributed by atoms with van der Waals surface area (Å²) in [6, 6.07) is 10.1. The molecule has 1 aromatic carbocycles. The van der Waals surface area contributed by atoms with Crippen LogP contribution in [0.15, 0.2) is 30.3 Å². The number of β-amino-alcohol motifs (C(OH)–C–C–N with tert-alkyl or cyclic N) is 1. The lowest BCUT2D eigenvalue weighted by Gasteiger charge is -2.23. The molecule has 6 heteroatoms. The number of pyridine rings is 1. The van der Waals surface area contributed by atoms with Gasteiger partial charge in [-0.2, -0.15) is 0 Å². The van der Waals surface area contributed by atoms with Crippen molar-refractivity contribution in [1.82, 2.24) is 9.88 Å². The maximum Gasteiger partial charge on any atom is 0.248 e. The Morgan fingerprint density at radius 2 is 2.12 bits per heavy atom. The van der Waals surface area contributed by atoms with Crippen LogP contribution in [0.25, 0.3) is 10.9 Å². The number of rotatable bonds is 3. The number of fused-ring (bicyclic) bond motifs is 1. The van der Waals surface area contributed by atoms with Crippen molar-refractivity contribution >= 4 is 22.6 Å². The van der Waals surface area contributed by atoms with Gasteiger partial charge in [0.1, 0.15) is 12.4 Å². The van der Waals surface area contributed by atoms with Crippen LogP contribution < -0.4 is 4.90 Å². The second-order valence-corrected chi connectivity index (χ2v) is 6.19. The first-order valence-electron chi connectivity index (χ1n) is 8.14. The summed E-state index contributed by atoms with van der Waals surface area (Å²) in [5.41, 5.74) is 2.10. The third kappa shape index (κ3) is 3.49. The van der Waals surface area contributed by atoms with E-state index >= 15 is 0 Å². The Hall–Kier alpha value is -2.18. The SMILES string of the molecule is COCC(=O)N1CCN(c2cc(C)c3ccccc3n2)CC(O)C1. The highest BCUT2D eigenvalue weighted by Crippen LogP contribution is 2.23. The van der Waals surface area contributed by atoms with Crippen LogP contribution in [-0.2, 0) is 9.53 Å². The number of aromatic nitrogens is 1. The van der Waals surface area contributed by atoms with E-state index in [9.17, 15) is 9.90 Å². The molecule has 0 saturated carbocycles. The van der Waals surface area contributed by atoms with Crippen molar-refractivity contribution in [1.29, 1.82) is 0 Å². The number of carbonyl (C=O) groups is 1. The van der Waals surface area contributed by atoms with Gasteiger partial charge in [0.05, 0.1) is 11.6 Å². The van der Waals surface area contributed by atoms with Crippen molar-refractivity contribution in [2.75, 3.05) is 44.8 Å². The molecule has 1 amide bonds. The molecule has 0 radical (unpaired) electrons. The van der Waals surface area contributed by atoms with Crippen LogP contribution in [0.3, 0.4) is 0 Å². The topological polar surface area (TPSA) is 65.9 Å². The quantitative estimate of drug-likeness (QED) is 0.917. The molecule has 1 fully saturated rings. The molecule has 1 N–H and O–H groups in total. The van der Waals surface area contributed by atoms with Crippen molar-refractivity contribution in [3.63, 3.8) is 0 Å². The minimum atomic E-state index is -0.609. The minimum Gasteiger partial charge on any atom is -0.389 e. The number of hydrogen-bond donors (Lipinski definition) is 1. The van der Waals surface area contributed by atoms with Gasteiger partial charge in [-0.3, -0.25) is 4.79 Å². The van der Waals surface area contributed by atoms with E-state index in [1.54, 1.807) is 4.90 Å². The second kappa shape index (κ2) is 7.15. The highest BCUT2D eigenvalue weighted by atomic mass is 16.5. The third-order valence-electron chi connectivity index (χ3n) is 4.36. The number of amides is 1. The van der Waals surface area contributed by atoms with Gasteiger partial charge in [-0.25, -0.2) is 4.98 Å². The number of methoxy groups -OCH3 is 1. The van der Waals surface area contributed by atoms with Gasteiger partial charge < -0.3 is 19.6 Å². The molecule has 1 unspecified atom stereocenters. The fourth-order valence-electron chi connectivity index (χ4n) is 3.13. The first-order chi connectivity index (χ1) is 11.6. The van der Waals surface area contributed by atoms with E-state index in [1.807, 2.05) is 29.2 Å². The molecule has 1 aliphatic rings. The molecule has 2 aromatic rings. The Bertz CT molecular complexity index is 735. The fraction of sp³-hybridized carbons (Fsp3) is 0.444. The normalized spacial score (nSPS) is 18.7. The number of aliphatic hydroxyl groups is 1. The van der Waals surface area contributed by atoms with E-state index < -0.39 is 6.10 Å². The summed E-state index contributed by atoms with van der Waals surface area (Å²) in [6.45, 7) is 4.08. The highest BCUT2D eigenvalue weighted by Gasteiger charge is 2.25. The number of anilines is 1. The van der Waals surface area contributed by atoms with Crippen LogP contribution >= 0.6 is 0 Å². The standard InChI is InChI=1S/C18H23N3O3/c1-13-9-17(19-16-6-4-3-5-15(13)16)20-7-8-21(11-14(22)10-20)18(23)12-24-2/h3-6,9,14,22H,7-8,10-12H2,1-2H3. The molecule has 0 spiro atoms. The lowest BCUT2D eigenvalue weighted by atomic mass is 10.1. The maximum atomic E-state index is 12.0. The average molecular weight is 329 g/mol. The van der Waals surface area contributed by atoms with Crippen molar-refractivity contribution in [2.24, 2.45) is 0 Å². The molecule has 24 heavy (non-hydrogen) atoms. The minimum absolute atomic E-state index is 0.0417. The van der Waals surface area contributed by atoms with Crippen molar-refractivity contribution in [3.05, 3.63) is 35.9 Å². The summed E-state index contributed by atoms with van der Waals surface area (Å²) in [7, 11) is 1.50. The maximum absolute atomic E-state index is 12.0. The zero-order chi connectivity index (χ0) is 17.1. The van der Waals surface area contributed by atoms with Crippen molar-refractivity contribution < 1.29 is 14.6 Å². The van der Waals surface area contributed by atoms with Crippen LogP contribution in [0.4, 0.5) is 5.82 Å². The van der Waals surface area contributed by atoms with Crippen LogP contribution in [0, 0.1) is 6.92 Å². The van der Waals surface area contributed by atoms with Crippen LogP contribution in [0.5, 0.6) is 0 Å². The van der Waals surface area contributed by atoms with Crippen LogP contribution in [-0.4, -0.2) is 66.9 Å². The molecule has 2 heterocycles. The molecule has 0 bridgehead atoms. The zero-order valence-electron chi connectivity index (χ0n) is 14.1. The number of benzene rings is 1. The van der Waals surface area contributed by atoms with Gasteiger partial charge in [0.15, 0.2) is 0 Å². The smallest absolute Gasteiger partial charge is 0.248 e. The van der Waals surface area contributed by atoms with E-state index in [1.165, 1.54) is 7.11 Å². The fourth-order valence-corrected chi connectivity index (χ4v) is 3.13. The number of ether oxygens (including phenoxy) is 1. The van der Waals surface area contributed by atoms with Gasteiger partial charge in [0, 0.05) is 38.7 Å². The Morgan fingerprint density at radius 3 is 2.92 bits per heavy atom. The Balaban J connectivity index is 1.83. The largest absolute Gasteiger partial charge is 0.389 e. The van der Waals surface area contributed by atoms with Gasteiger partial charge in [-0.15, -0.1) is 0 Å². The second-order valence-electron chi connectivity index (χ2n) is 6.19. The summed E-state index contributed by atoms with van der Waals surface area (Å²) in [5.74, 6) is 0.743. The van der Waals surface area contributed by atoms with Crippen LogP contribution in [0.1, 0.15) is 5.56 Å². The van der Waals surface area contributed by atoms with Gasteiger partial charge in [-0.1, -0.05) is 18.2 Å². The average Bonchev–Trinajstić information content (AvgIpc) is 2.77. The van der Waals surface area contributed by atoms with Gasteiger partial charge in [0.2, 0.25) is 5.91 Å². The Kier molecular flexibility index (Phi) is 4.97. The Labute approximate surface area is 141 Å². The summed E-state index contributed by atoms with van der Waals surface area (Å²) < 4.78 is 4.91. The lowest BCUT2D eigenvalue weighted by Crippen LogP contribution is -2.39. The third-order valence-corrected chi connectivity index (χ3v) is 4.36. The number of para-hydroxylation sites is 1. The van der Waals surface area contributed by atoms with Crippen molar-refractivity contribution in [2.45, 2.75) is 13.0 Å². The van der Waals surface area contributed by atoms with Gasteiger partial charge >= 0.3 is 0 Å². The molecule has 1 atom stereocenters. The predicted molar refractivity (Wildman–Crippen MR) is 93.2 cm³/mol. The van der Waals surface area contributed by atoms with Gasteiger partial charge in [-0.05, 0) is 24.6 Å². The molecule has 6 nitrogen and oxygen atoms in total. The number of carbonyl (C=O) groups excluding carboxylic acids is 1. The molecule has 128 valence electrons. The van der Waals surface area contributed by atoms with Gasteiger partial charge in [0.25, 0.3) is 0 Å². The number of hydrogen-bond acceptors (Lipinski definition) is 5. The molecular weight excluding hydrogens is 306 g/mol. The molecule has 1 saturated heterocycles. The molecule has 3 rings (SSSR count). The molecule has 1 aromatic heterocycles. The van der Waals surface area contributed by atoms with E-state index in [2.05, 4.69) is 13.0 Å². The predicted octanol–water partition coefficient (Wildman–Crippen LogP) is 1.20. The first kappa shape index (κ1) is 16.7. The van der Waals surface area contributed by atoms with E-state index in [0.29, 0.717) is 26.2 Å². The van der Waals surface area contributed by atoms with E-state index in [0.717, 1.165) is 22.3 Å². The Morgan fingerprint density at radius 1 is 1.33 bits per heavy atom. The van der Waals surface area contributed by atoms with Crippen LogP contribution in [0.2, 0.25) is 0 Å². The van der Waals surface area contributed by atoms with E-state index in [4.69, 9.17) is 9.72 Å². The van der Waals surface area contributed by atoms with Crippen molar-refractivity contribution in [3.8, 4) is 0 Å². The number of aryl methyl sites for hydroxylation is 1. The zero-order valence-corrected chi connectivity index (χ0v) is 14.1. The first-order valence-corrected chi connectivity index (χ1v) is 8.14. The number of nitrogens with zero attached hydrogens (tertiary/aromatic N) is 3. The highest BCUT2D eigenvalue weighted by molar-refractivity contribution is 5.84. The summed E-state index contributed by atoms with van der Waals surface area (Å²) >= 11 is 0. The number of aliphatic hydroxyl groups excluding tert-OH is 1. The monoisotopic (exact) mass is 329 g/mol. The lowest BCUT2D eigenvalue weighted by molar-refractivity contribution is -0.136. The summed E-state index contributed by atoms with van der Waals surface area (Å²) in [4.78, 5) is 20.5. The summed E-state index contributed by atoms with van der Waals surface area (Å²) in [6.07, 6.45) is -0.609. The van der Waals surface area contributed by atoms with E-state index in [-0.39, 0.29) is 12.5 Å². The molecule has 0 aliphatic carbocycles. The summed E-state index contributed by atoms with van der Waals surface area (Å²) in [5, 5.41) is 11.4.